The Morgan fingerprint density at radius 3 is 2.26 bits per heavy atom. The van der Waals surface area contributed by atoms with Crippen LogP contribution in [0.4, 0.5) is 13.2 Å². The van der Waals surface area contributed by atoms with Crippen LogP contribution in [0.3, 0.4) is 0 Å². The molecule has 128 valence electrons. The fourth-order valence-electron chi connectivity index (χ4n) is 3.73. The van der Waals surface area contributed by atoms with Crippen LogP contribution in [0.2, 0.25) is 0 Å². The lowest BCUT2D eigenvalue weighted by Crippen LogP contribution is -2.50. The van der Waals surface area contributed by atoms with Crippen molar-refractivity contribution in [1.29, 1.82) is 0 Å². The molecule has 2 unspecified atom stereocenters. The predicted octanol–water partition coefficient (Wildman–Crippen LogP) is 2.90. The van der Waals surface area contributed by atoms with Crippen molar-refractivity contribution < 1.29 is 31.4 Å². The van der Waals surface area contributed by atoms with Gasteiger partial charge in [0.1, 0.15) is 5.75 Å². The van der Waals surface area contributed by atoms with Crippen LogP contribution in [0, 0.1) is 0 Å². The monoisotopic (exact) mass is 350 g/mol. The second kappa shape index (κ2) is 5.37. The fraction of sp³-hybridized carbons (Fsp3) is 0.600. The lowest BCUT2D eigenvalue weighted by atomic mass is 9.80. The third-order valence-corrected chi connectivity index (χ3v) is 7.39. The number of benzene rings is 1. The average Bonchev–Trinajstić information content (AvgIpc) is 2.39. The van der Waals surface area contributed by atoms with Crippen molar-refractivity contribution in [2.24, 2.45) is 0 Å². The Morgan fingerprint density at radius 1 is 1.13 bits per heavy atom. The Hall–Kier alpha value is -1.28. The van der Waals surface area contributed by atoms with E-state index in [4.69, 9.17) is 0 Å². The van der Waals surface area contributed by atoms with Crippen molar-refractivity contribution in [3.05, 3.63) is 29.8 Å². The number of sulfone groups is 1. The molecule has 8 heteroatoms. The number of aliphatic hydroxyl groups is 1. The summed E-state index contributed by atoms with van der Waals surface area (Å²) in [4.78, 5) is 0. The highest BCUT2D eigenvalue weighted by Gasteiger charge is 2.52. The number of para-hydroxylation sites is 1. The van der Waals surface area contributed by atoms with Crippen molar-refractivity contribution in [2.45, 2.75) is 54.6 Å². The summed E-state index contributed by atoms with van der Waals surface area (Å²) >= 11 is 0. The molecule has 2 aliphatic rings. The normalized spacial score (nSPS) is 33.2. The van der Waals surface area contributed by atoms with Gasteiger partial charge in [0.2, 0.25) is 0 Å². The van der Waals surface area contributed by atoms with Gasteiger partial charge in [-0.2, -0.15) is 0 Å². The minimum atomic E-state index is -4.87. The van der Waals surface area contributed by atoms with Gasteiger partial charge in [-0.05, 0) is 31.7 Å². The number of alkyl halides is 3. The summed E-state index contributed by atoms with van der Waals surface area (Å²) in [7, 11) is -3.32. The van der Waals surface area contributed by atoms with E-state index in [0.717, 1.165) is 12.5 Å². The molecule has 4 nitrogen and oxygen atoms in total. The van der Waals surface area contributed by atoms with E-state index >= 15 is 0 Å². The number of ether oxygens (including phenoxy) is 1. The maximum Gasteiger partial charge on any atom is 0.573 e. The molecule has 1 aromatic rings. The first kappa shape index (κ1) is 16.6. The molecule has 2 heterocycles. The van der Waals surface area contributed by atoms with Crippen molar-refractivity contribution in [2.75, 3.05) is 0 Å². The van der Waals surface area contributed by atoms with Gasteiger partial charge in [-0.15, -0.1) is 13.2 Å². The number of fused-ring (bicyclic) bond motifs is 2. The summed E-state index contributed by atoms with van der Waals surface area (Å²) in [6.07, 6.45) is -3.44. The van der Waals surface area contributed by atoms with E-state index in [1.165, 1.54) is 18.2 Å². The zero-order valence-electron chi connectivity index (χ0n) is 12.2. The smallest absolute Gasteiger partial charge is 0.405 e. The van der Waals surface area contributed by atoms with Gasteiger partial charge in [0.25, 0.3) is 0 Å². The summed E-state index contributed by atoms with van der Waals surface area (Å²) in [6.45, 7) is 0. The number of hydrogen-bond donors (Lipinski definition) is 1. The third kappa shape index (κ3) is 3.06. The molecule has 2 aliphatic heterocycles. The molecule has 0 radical (unpaired) electrons. The molecular formula is C15H17F3O4S. The van der Waals surface area contributed by atoms with Crippen LogP contribution in [-0.2, 0) is 15.4 Å². The Bertz CT molecular complexity index is 679. The maximum atomic E-state index is 12.6. The Morgan fingerprint density at radius 2 is 1.70 bits per heavy atom. The first-order valence-corrected chi connectivity index (χ1v) is 9.03. The molecule has 1 aromatic carbocycles. The van der Waals surface area contributed by atoms with Gasteiger partial charge >= 0.3 is 6.36 Å². The van der Waals surface area contributed by atoms with E-state index in [0.29, 0.717) is 12.8 Å². The molecule has 0 amide bonds. The van der Waals surface area contributed by atoms with Crippen LogP contribution in [0.1, 0.15) is 37.7 Å². The lowest BCUT2D eigenvalue weighted by molar-refractivity contribution is -0.275. The van der Waals surface area contributed by atoms with E-state index < -0.39 is 38.1 Å². The van der Waals surface area contributed by atoms with Gasteiger partial charge in [-0.3, -0.25) is 0 Å². The van der Waals surface area contributed by atoms with Crippen LogP contribution < -0.4 is 4.74 Å². The average molecular weight is 350 g/mol. The molecule has 3 rings (SSSR count). The largest absolute Gasteiger partial charge is 0.573 e. The molecule has 0 aliphatic carbocycles. The maximum absolute atomic E-state index is 12.6. The molecule has 1 N–H and O–H groups in total. The van der Waals surface area contributed by atoms with Gasteiger partial charge in [0.05, 0.1) is 16.1 Å². The first-order chi connectivity index (χ1) is 10.6. The molecular weight excluding hydrogens is 333 g/mol. The highest BCUT2D eigenvalue weighted by molar-refractivity contribution is 7.92. The number of hydrogen-bond acceptors (Lipinski definition) is 4. The quantitative estimate of drug-likeness (QED) is 0.891. The Balaban J connectivity index is 1.99. The molecule has 0 aromatic heterocycles. The van der Waals surface area contributed by atoms with Crippen molar-refractivity contribution >= 4 is 9.84 Å². The third-order valence-electron chi connectivity index (χ3n) is 4.73. The van der Waals surface area contributed by atoms with Crippen LogP contribution >= 0.6 is 0 Å². The molecule has 0 spiro atoms. The summed E-state index contributed by atoms with van der Waals surface area (Å²) in [6, 6.07) is 5.40. The zero-order chi connectivity index (χ0) is 16.9. The minimum absolute atomic E-state index is 0.00382. The van der Waals surface area contributed by atoms with E-state index in [2.05, 4.69) is 4.74 Å². The summed E-state index contributed by atoms with van der Waals surface area (Å²) in [5, 5.41) is 9.53. The van der Waals surface area contributed by atoms with Crippen molar-refractivity contribution in [1.82, 2.24) is 0 Å². The van der Waals surface area contributed by atoms with Crippen LogP contribution in [0.15, 0.2) is 24.3 Å². The van der Waals surface area contributed by atoms with E-state index in [1.807, 2.05) is 0 Å². The van der Waals surface area contributed by atoms with Crippen LogP contribution in [-0.4, -0.2) is 30.4 Å². The van der Waals surface area contributed by atoms with E-state index in [1.54, 1.807) is 0 Å². The minimum Gasteiger partial charge on any atom is -0.405 e. The lowest BCUT2D eigenvalue weighted by Gasteiger charge is -2.44. The predicted molar refractivity (Wildman–Crippen MR) is 76.6 cm³/mol. The molecule has 2 bridgehead atoms. The highest BCUT2D eigenvalue weighted by atomic mass is 32.2. The fourth-order valence-corrected chi connectivity index (χ4v) is 6.28. The standard InChI is InChI=1S/C15H17F3O4S/c16-15(17,18)22-13-7-2-1-6-12(13)14(19)8-10-4-3-5-11(9-14)23(10,20)21/h1-2,6-7,10-11,19H,3-5,8-9H2. The van der Waals surface area contributed by atoms with Gasteiger partial charge in [-0.1, -0.05) is 24.6 Å². The van der Waals surface area contributed by atoms with Crippen LogP contribution in [0.5, 0.6) is 5.75 Å². The second-order valence-corrected chi connectivity index (χ2v) is 8.76. The zero-order valence-corrected chi connectivity index (χ0v) is 13.0. The Labute approximate surface area is 132 Å². The van der Waals surface area contributed by atoms with Crippen LogP contribution in [0.25, 0.3) is 0 Å². The number of rotatable bonds is 2. The molecule has 2 saturated heterocycles. The summed E-state index contributed by atoms with van der Waals surface area (Å²) in [5.74, 6) is -0.472. The first-order valence-electron chi connectivity index (χ1n) is 7.42. The van der Waals surface area contributed by atoms with Crippen molar-refractivity contribution in [3.63, 3.8) is 0 Å². The Kier molecular flexibility index (Phi) is 3.87. The highest BCUT2D eigenvalue weighted by Crippen LogP contribution is 2.48. The summed E-state index contributed by atoms with van der Waals surface area (Å²) < 4.78 is 66.3. The summed E-state index contributed by atoms with van der Waals surface area (Å²) in [5.41, 5.74) is -1.62. The van der Waals surface area contributed by atoms with E-state index in [-0.39, 0.29) is 18.4 Å². The van der Waals surface area contributed by atoms with Gasteiger partial charge in [0, 0.05) is 5.56 Å². The SMILES string of the molecule is O=S1(=O)C2CCCC1CC(O)(c1ccccc1OC(F)(F)F)C2. The molecule has 0 saturated carbocycles. The van der Waals surface area contributed by atoms with Gasteiger partial charge in [0.15, 0.2) is 9.84 Å². The molecule has 23 heavy (non-hydrogen) atoms. The van der Waals surface area contributed by atoms with E-state index in [9.17, 15) is 26.7 Å². The van der Waals surface area contributed by atoms with Crippen molar-refractivity contribution in [3.8, 4) is 5.75 Å². The number of halogens is 3. The topological polar surface area (TPSA) is 63.6 Å². The second-order valence-electron chi connectivity index (χ2n) is 6.25. The molecule has 2 atom stereocenters. The van der Waals surface area contributed by atoms with Gasteiger partial charge in [-0.25, -0.2) is 8.42 Å². The molecule has 2 fully saturated rings. The van der Waals surface area contributed by atoms with Gasteiger partial charge < -0.3 is 9.84 Å².